The number of thioether (sulfide) groups is 2. The van der Waals surface area contributed by atoms with Gasteiger partial charge in [0.2, 0.25) is 5.91 Å². The number of para-hydroxylation sites is 1. The van der Waals surface area contributed by atoms with E-state index >= 15 is 0 Å². The van der Waals surface area contributed by atoms with Gasteiger partial charge in [-0.1, -0.05) is 60.0 Å². The second-order valence-electron chi connectivity index (χ2n) is 4.83. The third kappa shape index (κ3) is 3.64. The second kappa shape index (κ2) is 7.48. The van der Waals surface area contributed by atoms with Crippen molar-refractivity contribution < 1.29 is 4.79 Å². The first-order valence-electron chi connectivity index (χ1n) is 7.25. The number of carbonyl (C=O) groups excluding carboxylic acids is 1. The summed E-state index contributed by atoms with van der Waals surface area (Å²) in [5.74, 6) is 1.56. The number of hydrogen-bond acceptors (Lipinski definition) is 6. The summed E-state index contributed by atoms with van der Waals surface area (Å²) in [6, 6.07) is 8.19. The van der Waals surface area contributed by atoms with E-state index in [2.05, 4.69) is 23.2 Å². The molecule has 0 aliphatic carbocycles. The van der Waals surface area contributed by atoms with E-state index in [9.17, 15) is 4.79 Å². The highest BCUT2D eigenvalue weighted by atomic mass is 32.2. The average Bonchev–Trinajstić information content (AvgIpc) is 3.00. The molecule has 7 heteroatoms. The maximum Gasteiger partial charge on any atom is 0.237 e. The van der Waals surface area contributed by atoms with Gasteiger partial charge in [0, 0.05) is 12.2 Å². The lowest BCUT2D eigenvalue weighted by atomic mass is 10.0. The number of rotatable bonds is 5. The minimum Gasteiger partial charge on any atom is -0.311 e. The van der Waals surface area contributed by atoms with Gasteiger partial charge < -0.3 is 4.90 Å². The summed E-state index contributed by atoms with van der Waals surface area (Å²) in [7, 11) is 0. The van der Waals surface area contributed by atoms with Gasteiger partial charge in [-0.15, -0.1) is 10.2 Å². The topological polar surface area (TPSA) is 46.1 Å². The van der Waals surface area contributed by atoms with Crippen LogP contribution in [0.25, 0.3) is 0 Å². The Labute approximate surface area is 142 Å². The van der Waals surface area contributed by atoms with Crippen molar-refractivity contribution in [3.05, 3.63) is 29.8 Å². The molecule has 1 aromatic heterocycles. The molecule has 1 aliphatic rings. The Bertz CT molecular complexity index is 659. The fourth-order valence-corrected chi connectivity index (χ4v) is 5.22. The van der Waals surface area contributed by atoms with E-state index in [4.69, 9.17) is 0 Å². The molecule has 0 N–H and O–H groups in total. The van der Waals surface area contributed by atoms with Gasteiger partial charge in [0.05, 0.1) is 5.75 Å². The van der Waals surface area contributed by atoms with E-state index in [1.807, 2.05) is 23.1 Å². The van der Waals surface area contributed by atoms with Crippen molar-refractivity contribution in [1.29, 1.82) is 0 Å². The quantitative estimate of drug-likeness (QED) is 0.768. The number of fused-ring (bicyclic) bond motifs is 1. The number of hydrogen-bond donors (Lipinski definition) is 0. The zero-order valence-electron chi connectivity index (χ0n) is 12.3. The van der Waals surface area contributed by atoms with Gasteiger partial charge in [0.1, 0.15) is 0 Å². The Kier molecular flexibility index (Phi) is 5.38. The molecule has 0 unspecified atom stereocenters. The molecule has 2 aromatic rings. The Balaban J connectivity index is 1.63. The van der Waals surface area contributed by atoms with Gasteiger partial charge >= 0.3 is 0 Å². The standard InChI is InChI=1S/C15H17N3OS3/c1-2-20-14-16-17-15(22-14)21-10-13(19)18-9-5-7-11-6-3-4-8-12(11)18/h3-4,6,8H,2,5,7,9-10H2,1H3. The van der Waals surface area contributed by atoms with Crippen LogP contribution in [0.4, 0.5) is 5.69 Å². The largest absolute Gasteiger partial charge is 0.311 e. The molecule has 0 saturated carbocycles. The van der Waals surface area contributed by atoms with Gasteiger partial charge in [-0.05, 0) is 30.2 Å². The van der Waals surface area contributed by atoms with E-state index < -0.39 is 0 Å². The molecule has 2 heterocycles. The van der Waals surface area contributed by atoms with Gasteiger partial charge in [0.25, 0.3) is 0 Å². The van der Waals surface area contributed by atoms with E-state index in [-0.39, 0.29) is 5.91 Å². The third-order valence-corrected chi connectivity index (χ3v) is 6.44. The highest BCUT2D eigenvalue weighted by molar-refractivity contribution is 8.03. The van der Waals surface area contributed by atoms with Gasteiger partial charge in [0.15, 0.2) is 8.68 Å². The maximum atomic E-state index is 12.5. The summed E-state index contributed by atoms with van der Waals surface area (Å²) in [5.41, 5.74) is 2.34. The molecule has 0 saturated heterocycles. The normalized spacial score (nSPS) is 14.0. The lowest BCUT2D eigenvalue weighted by Gasteiger charge is -2.29. The van der Waals surface area contributed by atoms with Crippen molar-refractivity contribution in [2.75, 3.05) is 23.0 Å². The number of aryl methyl sites for hydroxylation is 1. The van der Waals surface area contributed by atoms with Gasteiger partial charge in [-0.3, -0.25) is 4.79 Å². The van der Waals surface area contributed by atoms with Crippen LogP contribution in [0.5, 0.6) is 0 Å². The molecule has 3 rings (SSSR count). The summed E-state index contributed by atoms with van der Waals surface area (Å²) in [5, 5.41) is 8.25. The molecule has 0 fully saturated rings. The monoisotopic (exact) mass is 351 g/mol. The fraction of sp³-hybridized carbons (Fsp3) is 0.400. The summed E-state index contributed by atoms with van der Waals surface area (Å²) in [4.78, 5) is 14.4. The maximum absolute atomic E-state index is 12.5. The van der Waals surface area contributed by atoms with E-state index in [1.165, 1.54) is 17.3 Å². The molecule has 0 bridgehead atoms. The smallest absolute Gasteiger partial charge is 0.237 e. The van der Waals surface area contributed by atoms with Crippen molar-refractivity contribution in [1.82, 2.24) is 10.2 Å². The van der Waals surface area contributed by atoms with Crippen LogP contribution in [-0.4, -0.2) is 34.2 Å². The Morgan fingerprint density at radius 1 is 1.27 bits per heavy atom. The van der Waals surface area contributed by atoms with Gasteiger partial charge in [-0.2, -0.15) is 0 Å². The molecule has 0 spiro atoms. The molecule has 0 atom stereocenters. The highest BCUT2D eigenvalue weighted by Crippen LogP contribution is 2.30. The predicted molar refractivity (Wildman–Crippen MR) is 94.1 cm³/mol. The average molecular weight is 352 g/mol. The minimum absolute atomic E-state index is 0.150. The van der Waals surface area contributed by atoms with Crippen molar-refractivity contribution in [3.63, 3.8) is 0 Å². The summed E-state index contributed by atoms with van der Waals surface area (Å²) >= 11 is 4.73. The van der Waals surface area contributed by atoms with Gasteiger partial charge in [-0.25, -0.2) is 0 Å². The molecule has 116 valence electrons. The molecule has 4 nitrogen and oxygen atoms in total. The number of amides is 1. The predicted octanol–water partition coefficient (Wildman–Crippen LogP) is 3.72. The van der Waals surface area contributed by atoms with Crippen LogP contribution in [0, 0.1) is 0 Å². The van der Waals surface area contributed by atoms with E-state index in [0.717, 1.165) is 39.5 Å². The third-order valence-electron chi connectivity index (χ3n) is 3.39. The molecular formula is C15H17N3OS3. The Hall–Kier alpha value is -1.05. The number of nitrogens with zero attached hydrogens (tertiary/aromatic N) is 3. The molecule has 1 aliphatic heterocycles. The van der Waals surface area contributed by atoms with Crippen LogP contribution in [0.1, 0.15) is 18.9 Å². The lowest BCUT2D eigenvalue weighted by molar-refractivity contribution is -0.116. The van der Waals surface area contributed by atoms with Crippen molar-refractivity contribution in [2.24, 2.45) is 0 Å². The fourth-order valence-electron chi connectivity index (χ4n) is 2.43. The molecular weight excluding hydrogens is 334 g/mol. The minimum atomic E-state index is 0.150. The summed E-state index contributed by atoms with van der Waals surface area (Å²) < 4.78 is 1.84. The summed E-state index contributed by atoms with van der Waals surface area (Å²) in [6.07, 6.45) is 2.09. The van der Waals surface area contributed by atoms with Crippen LogP contribution in [0.15, 0.2) is 32.9 Å². The van der Waals surface area contributed by atoms with Crippen molar-refractivity contribution in [3.8, 4) is 0 Å². The van der Waals surface area contributed by atoms with Crippen molar-refractivity contribution in [2.45, 2.75) is 28.4 Å². The summed E-state index contributed by atoms with van der Waals surface area (Å²) in [6.45, 7) is 2.90. The van der Waals surface area contributed by atoms with Crippen LogP contribution < -0.4 is 4.90 Å². The number of carbonyl (C=O) groups is 1. The molecule has 0 radical (unpaired) electrons. The van der Waals surface area contributed by atoms with Crippen LogP contribution in [-0.2, 0) is 11.2 Å². The number of anilines is 1. The molecule has 22 heavy (non-hydrogen) atoms. The van der Waals surface area contributed by atoms with E-state index in [1.54, 1.807) is 23.1 Å². The first-order chi connectivity index (χ1) is 10.8. The SMILES string of the molecule is CCSc1nnc(SCC(=O)N2CCCc3ccccc32)s1. The number of benzene rings is 1. The Morgan fingerprint density at radius 2 is 2.05 bits per heavy atom. The zero-order chi connectivity index (χ0) is 15.4. The first kappa shape index (κ1) is 15.8. The van der Waals surface area contributed by atoms with Crippen LogP contribution in [0.2, 0.25) is 0 Å². The Morgan fingerprint density at radius 3 is 2.86 bits per heavy atom. The first-order valence-corrected chi connectivity index (χ1v) is 10.0. The van der Waals surface area contributed by atoms with Crippen molar-refractivity contribution >= 4 is 46.5 Å². The van der Waals surface area contributed by atoms with Crippen LogP contribution in [0.3, 0.4) is 0 Å². The second-order valence-corrected chi connectivity index (χ2v) is 8.54. The highest BCUT2D eigenvalue weighted by Gasteiger charge is 2.22. The van der Waals surface area contributed by atoms with E-state index in [0.29, 0.717) is 5.75 Å². The van der Waals surface area contributed by atoms with Crippen LogP contribution >= 0.6 is 34.9 Å². The zero-order valence-corrected chi connectivity index (χ0v) is 14.8. The lowest BCUT2D eigenvalue weighted by Crippen LogP contribution is -2.36. The molecule has 1 aromatic carbocycles. The molecule has 1 amide bonds. The number of aromatic nitrogens is 2.